The van der Waals surface area contributed by atoms with E-state index < -0.39 is 25.0 Å². The van der Waals surface area contributed by atoms with Crippen molar-refractivity contribution in [1.29, 1.82) is 0 Å². The number of anilines is 1. The summed E-state index contributed by atoms with van der Waals surface area (Å²) in [4.78, 5) is 38.9. The molecule has 0 radical (unpaired) electrons. The minimum atomic E-state index is -2.63. The van der Waals surface area contributed by atoms with Crippen LogP contribution in [-0.4, -0.2) is 39.9 Å². The molecule has 2 amide bonds. The Morgan fingerprint density at radius 1 is 1.27 bits per heavy atom. The van der Waals surface area contributed by atoms with E-state index in [1.54, 1.807) is 39.8 Å². The zero-order chi connectivity index (χ0) is 22.0. The number of fused-ring (bicyclic) bond motifs is 1. The number of halogens is 2. The largest absolute Gasteiger partial charge is 0.472 e. The van der Waals surface area contributed by atoms with E-state index in [2.05, 4.69) is 15.3 Å². The summed E-state index contributed by atoms with van der Waals surface area (Å²) in [6.07, 6.45) is -2.63. The average Bonchev–Trinajstić information content (AvgIpc) is 3.01. The Morgan fingerprint density at radius 3 is 2.67 bits per heavy atom. The molecule has 1 unspecified atom stereocenters. The van der Waals surface area contributed by atoms with Crippen LogP contribution in [0.1, 0.15) is 48.4 Å². The average molecular weight is 420 g/mol. The Balaban J connectivity index is 1.80. The third-order valence-corrected chi connectivity index (χ3v) is 4.38. The fourth-order valence-electron chi connectivity index (χ4n) is 2.82. The first-order chi connectivity index (χ1) is 14.2. The maximum absolute atomic E-state index is 13.1. The molecule has 1 N–H and O–H groups in total. The molecule has 0 bridgehead atoms. The molecule has 0 fully saturated rings. The van der Waals surface area contributed by atoms with Gasteiger partial charge in [-0.3, -0.25) is 9.59 Å². The van der Waals surface area contributed by atoms with Crippen LogP contribution in [0.3, 0.4) is 0 Å². The van der Waals surface area contributed by atoms with Gasteiger partial charge in [-0.15, -0.1) is 0 Å². The van der Waals surface area contributed by atoms with E-state index in [0.29, 0.717) is 11.3 Å². The van der Waals surface area contributed by atoms with Crippen molar-refractivity contribution < 1.29 is 27.9 Å². The highest BCUT2D eigenvalue weighted by Crippen LogP contribution is 2.37. The Bertz CT molecular complexity index is 968. The maximum atomic E-state index is 13.1. The number of ether oxygens (including phenoxy) is 1. The number of rotatable bonds is 6. The first-order valence-corrected chi connectivity index (χ1v) is 9.38. The molecule has 3 rings (SSSR count). The van der Waals surface area contributed by atoms with Gasteiger partial charge in [0, 0.05) is 28.8 Å². The molecule has 1 atom stereocenters. The summed E-state index contributed by atoms with van der Waals surface area (Å²) in [6, 6.07) is 5.65. The van der Waals surface area contributed by atoms with Gasteiger partial charge in [0.2, 0.25) is 11.8 Å². The molecule has 0 aromatic carbocycles. The van der Waals surface area contributed by atoms with Gasteiger partial charge in [-0.25, -0.2) is 13.8 Å². The SMILES string of the molecule is Cc1cc(C(=O)N2Oc3nc(OCC(F)F)ccc3C2C)cc(NC(=O)C(C)C)n1. The van der Waals surface area contributed by atoms with Crippen LogP contribution >= 0.6 is 0 Å². The smallest absolute Gasteiger partial charge is 0.287 e. The van der Waals surface area contributed by atoms with Gasteiger partial charge in [0.1, 0.15) is 5.82 Å². The molecule has 0 saturated carbocycles. The van der Waals surface area contributed by atoms with Crippen LogP contribution in [0.5, 0.6) is 11.8 Å². The van der Waals surface area contributed by atoms with Gasteiger partial charge < -0.3 is 14.9 Å². The van der Waals surface area contributed by atoms with Crippen molar-refractivity contribution in [2.45, 2.75) is 40.2 Å². The number of carbonyl (C=O) groups is 2. The minimum absolute atomic E-state index is 0.0195. The predicted molar refractivity (Wildman–Crippen MR) is 103 cm³/mol. The Hall–Kier alpha value is -3.30. The van der Waals surface area contributed by atoms with Crippen molar-refractivity contribution >= 4 is 17.6 Å². The summed E-state index contributed by atoms with van der Waals surface area (Å²) < 4.78 is 29.6. The van der Waals surface area contributed by atoms with Crippen molar-refractivity contribution in [3.8, 4) is 11.8 Å². The topological polar surface area (TPSA) is 93.7 Å². The van der Waals surface area contributed by atoms with Crippen LogP contribution in [0.25, 0.3) is 0 Å². The van der Waals surface area contributed by atoms with E-state index in [4.69, 9.17) is 9.57 Å². The monoisotopic (exact) mass is 420 g/mol. The van der Waals surface area contributed by atoms with Crippen molar-refractivity contribution in [3.05, 3.63) is 41.1 Å². The molecule has 10 heteroatoms. The van der Waals surface area contributed by atoms with E-state index in [1.165, 1.54) is 12.1 Å². The van der Waals surface area contributed by atoms with E-state index >= 15 is 0 Å². The minimum Gasteiger partial charge on any atom is -0.472 e. The number of hydrogen-bond acceptors (Lipinski definition) is 6. The highest BCUT2D eigenvalue weighted by molar-refractivity contribution is 5.97. The van der Waals surface area contributed by atoms with Gasteiger partial charge in [0.05, 0.1) is 6.04 Å². The lowest BCUT2D eigenvalue weighted by molar-refractivity contribution is -0.118. The summed E-state index contributed by atoms with van der Waals surface area (Å²) in [5, 5.41) is 3.81. The highest BCUT2D eigenvalue weighted by Gasteiger charge is 2.35. The lowest BCUT2D eigenvalue weighted by atomic mass is 10.1. The predicted octanol–water partition coefficient (Wildman–Crippen LogP) is 3.53. The Kier molecular flexibility index (Phi) is 6.14. The number of aromatic nitrogens is 2. The molecule has 0 aliphatic carbocycles. The fourth-order valence-corrected chi connectivity index (χ4v) is 2.82. The molecule has 0 saturated heterocycles. The van der Waals surface area contributed by atoms with Crippen LogP contribution in [-0.2, 0) is 4.79 Å². The number of amides is 2. The number of nitrogens with zero attached hydrogens (tertiary/aromatic N) is 3. The van der Waals surface area contributed by atoms with E-state index in [9.17, 15) is 18.4 Å². The molecule has 8 nitrogen and oxygen atoms in total. The lowest BCUT2D eigenvalue weighted by Crippen LogP contribution is -2.32. The zero-order valence-electron chi connectivity index (χ0n) is 17.0. The van der Waals surface area contributed by atoms with Gasteiger partial charge in [0.15, 0.2) is 6.61 Å². The first-order valence-electron chi connectivity index (χ1n) is 9.38. The second-order valence-corrected chi connectivity index (χ2v) is 7.17. The van der Waals surface area contributed by atoms with E-state index in [1.807, 2.05) is 0 Å². The standard InChI is InChI=1S/C20H22F2N4O4/c1-10(2)18(27)24-16-8-13(7-11(3)23-16)20(28)26-12(4)14-5-6-17(25-19(14)30-26)29-9-15(21)22/h5-8,10,12,15H,9H2,1-4H3,(H,23,24,27). The lowest BCUT2D eigenvalue weighted by Gasteiger charge is -2.19. The van der Waals surface area contributed by atoms with Crippen molar-refractivity contribution in [3.63, 3.8) is 0 Å². The van der Waals surface area contributed by atoms with Crippen molar-refractivity contribution in [1.82, 2.24) is 15.0 Å². The maximum Gasteiger partial charge on any atom is 0.287 e. The van der Waals surface area contributed by atoms with E-state index in [-0.39, 0.29) is 35.0 Å². The van der Waals surface area contributed by atoms with Gasteiger partial charge in [0.25, 0.3) is 18.2 Å². The molecule has 3 heterocycles. The molecule has 1 aliphatic rings. The van der Waals surface area contributed by atoms with Gasteiger partial charge in [-0.05, 0) is 32.0 Å². The molecule has 1 aliphatic heterocycles. The summed E-state index contributed by atoms with van der Waals surface area (Å²) in [5.74, 6) is -0.556. The van der Waals surface area contributed by atoms with Crippen LogP contribution in [0.4, 0.5) is 14.6 Å². The molecule has 2 aromatic heterocycles. The molecular weight excluding hydrogens is 398 g/mol. The number of nitrogens with one attached hydrogen (secondary N) is 1. The Labute approximate surface area is 172 Å². The third-order valence-electron chi connectivity index (χ3n) is 4.38. The summed E-state index contributed by atoms with van der Waals surface area (Å²) >= 11 is 0. The summed E-state index contributed by atoms with van der Waals surface area (Å²) in [5.41, 5.74) is 1.44. The third kappa shape index (κ3) is 4.64. The Morgan fingerprint density at radius 2 is 2.00 bits per heavy atom. The van der Waals surface area contributed by atoms with Gasteiger partial charge in [-0.2, -0.15) is 10.0 Å². The molecular formula is C20H22F2N4O4. The van der Waals surface area contributed by atoms with Crippen LogP contribution in [0.15, 0.2) is 24.3 Å². The zero-order valence-corrected chi connectivity index (χ0v) is 17.0. The van der Waals surface area contributed by atoms with Gasteiger partial charge in [-0.1, -0.05) is 13.8 Å². The van der Waals surface area contributed by atoms with Crippen molar-refractivity contribution in [2.24, 2.45) is 5.92 Å². The fraction of sp³-hybridized carbons (Fsp3) is 0.400. The second-order valence-electron chi connectivity index (χ2n) is 7.17. The molecule has 2 aromatic rings. The van der Waals surface area contributed by atoms with Crippen molar-refractivity contribution in [2.75, 3.05) is 11.9 Å². The van der Waals surface area contributed by atoms with Crippen LogP contribution < -0.4 is 14.9 Å². The second kappa shape index (κ2) is 8.60. The normalized spacial score (nSPS) is 15.2. The highest BCUT2D eigenvalue weighted by atomic mass is 19.3. The van der Waals surface area contributed by atoms with E-state index in [0.717, 1.165) is 5.06 Å². The number of pyridine rings is 2. The number of alkyl halides is 2. The quantitative estimate of drug-likeness (QED) is 0.768. The van der Waals surface area contributed by atoms with Crippen LogP contribution in [0.2, 0.25) is 0 Å². The molecule has 160 valence electrons. The first kappa shape index (κ1) is 21.4. The number of carbonyl (C=O) groups excluding carboxylic acids is 2. The molecule has 30 heavy (non-hydrogen) atoms. The van der Waals surface area contributed by atoms with Crippen LogP contribution in [0, 0.1) is 12.8 Å². The number of hydrogen-bond donors (Lipinski definition) is 1. The number of hydroxylamine groups is 2. The van der Waals surface area contributed by atoms with Gasteiger partial charge >= 0.3 is 0 Å². The molecule has 0 spiro atoms. The summed E-state index contributed by atoms with van der Waals surface area (Å²) in [7, 11) is 0. The summed E-state index contributed by atoms with van der Waals surface area (Å²) in [6.45, 7) is 6.17. The number of aryl methyl sites for hydroxylation is 1.